The first-order valence-electron chi connectivity index (χ1n) is 7.52. The van der Waals surface area contributed by atoms with Gasteiger partial charge in [0.25, 0.3) is 0 Å². The lowest BCUT2D eigenvalue weighted by Gasteiger charge is -2.14. The quantitative estimate of drug-likeness (QED) is 0.764. The van der Waals surface area contributed by atoms with Crippen molar-refractivity contribution in [3.63, 3.8) is 0 Å². The van der Waals surface area contributed by atoms with E-state index in [9.17, 15) is 14.7 Å². The number of anilines is 1. The molecule has 0 spiro atoms. The van der Waals surface area contributed by atoms with Gasteiger partial charge in [0.2, 0.25) is 5.91 Å². The summed E-state index contributed by atoms with van der Waals surface area (Å²) in [5.74, 6) is -0.302. The molecule has 0 heterocycles. The van der Waals surface area contributed by atoms with Crippen LogP contribution in [0.5, 0.6) is 17.2 Å². The van der Waals surface area contributed by atoms with Crippen molar-refractivity contribution < 1.29 is 28.9 Å². The van der Waals surface area contributed by atoms with Gasteiger partial charge in [-0.2, -0.15) is 0 Å². The molecule has 0 atom stereocenters. The van der Waals surface area contributed by atoms with Crippen LogP contribution in [-0.2, 0) is 4.79 Å². The summed E-state index contributed by atoms with van der Waals surface area (Å²) in [6.45, 7) is 0.172. The van der Waals surface area contributed by atoms with Crippen LogP contribution in [0.4, 0.5) is 5.69 Å². The van der Waals surface area contributed by atoms with E-state index >= 15 is 0 Å². The number of ether oxygens (including phenoxy) is 3. The molecule has 7 nitrogen and oxygen atoms in total. The van der Waals surface area contributed by atoms with Gasteiger partial charge in [-0.25, -0.2) is 4.79 Å². The fourth-order valence-corrected chi connectivity index (χ4v) is 2.15. The minimum Gasteiger partial charge on any atom is -0.493 e. The summed E-state index contributed by atoms with van der Waals surface area (Å²) in [5, 5.41) is 11.9. The van der Waals surface area contributed by atoms with Crippen LogP contribution in [0.1, 0.15) is 16.8 Å². The monoisotopic (exact) mass is 345 g/mol. The van der Waals surface area contributed by atoms with Crippen molar-refractivity contribution >= 4 is 17.6 Å². The molecule has 2 aromatic carbocycles. The largest absolute Gasteiger partial charge is 0.493 e. The second-order valence-electron chi connectivity index (χ2n) is 5.02. The number of carboxylic acids is 1. The second-order valence-corrected chi connectivity index (χ2v) is 5.02. The molecule has 0 fully saturated rings. The number of para-hydroxylation sites is 1. The third-order valence-electron chi connectivity index (χ3n) is 3.37. The zero-order valence-electron chi connectivity index (χ0n) is 13.9. The Morgan fingerprint density at radius 2 is 1.68 bits per heavy atom. The minimum absolute atomic E-state index is 0.0717. The van der Waals surface area contributed by atoms with Crippen LogP contribution in [0.3, 0.4) is 0 Å². The maximum atomic E-state index is 12.1. The van der Waals surface area contributed by atoms with E-state index in [0.717, 1.165) is 0 Å². The number of amides is 1. The molecular formula is C18H19NO6. The summed E-state index contributed by atoms with van der Waals surface area (Å²) >= 11 is 0. The van der Waals surface area contributed by atoms with Gasteiger partial charge in [0, 0.05) is 12.1 Å². The maximum absolute atomic E-state index is 12.1. The molecule has 25 heavy (non-hydrogen) atoms. The number of carbonyl (C=O) groups is 2. The predicted octanol–water partition coefficient (Wildman–Crippen LogP) is 2.81. The maximum Gasteiger partial charge on any atom is 0.337 e. The van der Waals surface area contributed by atoms with E-state index in [4.69, 9.17) is 14.2 Å². The smallest absolute Gasteiger partial charge is 0.337 e. The summed E-state index contributed by atoms with van der Waals surface area (Å²) in [4.78, 5) is 23.5. The fraction of sp³-hybridized carbons (Fsp3) is 0.222. The van der Waals surface area contributed by atoms with Crippen LogP contribution in [0.25, 0.3) is 0 Å². The molecular weight excluding hydrogens is 326 g/mol. The van der Waals surface area contributed by atoms with Crippen molar-refractivity contribution in [2.75, 3.05) is 26.1 Å². The van der Waals surface area contributed by atoms with Gasteiger partial charge in [-0.05, 0) is 12.1 Å². The Morgan fingerprint density at radius 1 is 1.04 bits per heavy atom. The van der Waals surface area contributed by atoms with Gasteiger partial charge >= 0.3 is 5.97 Å². The van der Waals surface area contributed by atoms with E-state index in [1.807, 2.05) is 18.2 Å². The fourth-order valence-electron chi connectivity index (χ4n) is 2.15. The van der Waals surface area contributed by atoms with Gasteiger partial charge in [-0.3, -0.25) is 4.79 Å². The Morgan fingerprint density at radius 3 is 2.28 bits per heavy atom. The number of carboxylic acid groups (broad SMARTS) is 1. The van der Waals surface area contributed by atoms with Crippen LogP contribution in [0.2, 0.25) is 0 Å². The van der Waals surface area contributed by atoms with E-state index in [1.54, 1.807) is 12.1 Å². The summed E-state index contributed by atoms with van der Waals surface area (Å²) in [5.41, 5.74) is 0.0461. The van der Waals surface area contributed by atoms with Gasteiger partial charge in [-0.1, -0.05) is 18.2 Å². The summed E-state index contributed by atoms with van der Waals surface area (Å²) in [6.07, 6.45) is 0.0717. The zero-order chi connectivity index (χ0) is 18.2. The Bertz CT molecular complexity index is 745. The molecule has 0 aliphatic heterocycles. The molecule has 0 unspecified atom stereocenters. The molecule has 0 bridgehead atoms. The number of nitrogens with one attached hydrogen (secondary N) is 1. The normalized spacial score (nSPS) is 10.0. The van der Waals surface area contributed by atoms with Crippen LogP contribution >= 0.6 is 0 Å². The molecule has 0 saturated heterocycles. The highest BCUT2D eigenvalue weighted by Gasteiger charge is 2.18. The second kappa shape index (κ2) is 8.58. The van der Waals surface area contributed by atoms with Crippen LogP contribution in [-0.4, -0.2) is 37.8 Å². The Hall–Kier alpha value is -3.22. The van der Waals surface area contributed by atoms with Crippen molar-refractivity contribution in [2.45, 2.75) is 6.42 Å². The molecule has 0 saturated carbocycles. The molecule has 7 heteroatoms. The Balaban J connectivity index is 2.05. The van der Waals surface area contributed by atoms with E-state index < -0.39 is 5.97 Å². The average Bonchev–Trinajstić information content (AvgIpc) is 2.62. The first kappa shape index (κ1) is 18.1. The van der Waals surface area contributed by atoms with Crippen molar-refractivity contribution in [3.05, 3.63) is 48.0 Å². The topological polar surface area (TPSA) is 94.1 Å². The highest BCUT2D eigenvalue weighted by molar-refractivity contribution is 6.01. The third-order valence-corrected chi connectivity index (χ3v) is 3.37. The molecule has 2 rings (SSSR count). The van der Waals surface area contributed by atoms with E-state index in [2.05, 4.69) is 5.32 Å². The van der Waals surface area contributed by atoms with Crippen LogP contribution in [0.15, 0.2) is 42.5 Å². The lowest BCUT2D eigenvalue weighted by molar-refractivity contribution is -0.116. The molecule has 2 aromatic rings. The molecule has 2 N–H and O–H groups in total. The van der Waals surface area contributed by atoms with Gasteiger partial charge < -0.3 is 24.6 Å². The van der Waals surface area contributed by atoms with Crippen molar-refractivity contribution in [3.8, 4) is 17.2 Å². The van der Waals surface area contributed by atoms with Crippen LogP contribution in [0, 0.1) is 0 Å². The van der Waals surface area contributed by atoms with Crippen molar-refractivity contribution in [1.29, 1.82) is 0 Å². The Kier molecular flexibility index (Phi) is 6.22. The van der Waals surface area contributed by atoms with Gasteiger partial charge in [0.05, 0.1) is 38.5 Å². The van der Waals surface area contributed by atoms with Crippen molar-refractivity contribution in [2.24, 2.45) is 0 Å². The third kappa shape index (κ3) is 4.87. The number of carbonyl (C=O) groups excluding carboxylic acids is 1. The summed E-state index contributed by atoms with van der Waals surface area (Å²) in [7, 11) is 2.83. The molecule has 0 aliphatic rings. The lowest BCUT2D eigenvalue weighted by Crippen LogP contribution is -2.17. The number of rotatable bonds is 8. The minimum atomic E-state index is -1.18. The molecule has 0 aromatic heterocycles. The lowest BCUT2D eigenvalue weighted by atomic mass is 10.1. The van der Waals surface area contributed by atoms with Gasteiger partial charge in [-0.15, -0.1) is 0 Å². The summed E-state index contributed by atoms with van der Waals surface area (Å²) in [6, 6.07) is 11.8. The zero-order valence-corrected chi connectivity index (χ0v) is 13.9. The molecule has 1 amide bonds. The first-order valence-corrected chi connectivity index (χ1v) is 7.52. The highest BCUT2D eigenvalue weighted by atomic mass is 16.5. The molecule has 132 valence electrons. The highest BCUT2D eigenvalue weighted by Crippen LogP contribution is 2.33. The van der Waals surface area contributed by atoms with Gasteiger partial charge in [0.1, 0.15) is 5.75 Å². The molecule has 0 aliphatic carbocycles. The Labute approximate surface area is 145 Å². The standard InChI is InChI=1S/C18H19NO6/c1-23-15-10-13(18(21)22)14(11-16(15)24-2)19-17(20)8-9-25-12-6-4-3-5-7-12/h3-7,10-11H,8-9H2,1-2H3,(H,19,20)(H,21,22). The number of benzene rings is 2. The number of methoxy groups -OCH3 is 2. The van der Waals surface area contributed by atoms with Crippen molar-refractivity contribution in [1.82, 2.24) is 0 Å². The average molecular weight is 345 g/mol. The first-order chi connectivity index (χ1) is 12.0. The number of hydrogen-bond acceptors (Lipinski definition) is 5. The molecule has 0 radical (unpaired) electrons. The van der Waals surface area contributed by atoms with E-state index in [0.29, 0.717) is 11.5 Å². The number of hydrogen-bond donors (Lipinski definition) is 2. The number of aromatic carboxylic acids is 1. The summed E-state index contributed by atoms with van der Waals surface area (Å²) < 4.78 is 15.7. The SMILES string of the molecule is COc1cc(NC(=O)CCOc2ccccc2)c(C(=O)O)cc1OC. The van der Waals surface area contributed by atoms with Crippen LogP contribution < -0.4 is 19.5 Å². The van der Waals surface area contributed by atoms with Gasteiger partial charge in [0.15, 0.2) is 11.5 Å². The van der Waals surface area contributed by atoms with E-state index in [-0.39, 0.29) is 35.9 Å². The predicted molar refractivity (Wildman–Crippen MR) is 91.7 cm³/mol. The van der Waals surface area contributed by atoms with E-state index in [1.165, 1.54) is 26.4 Å².